The van der Waals surface area contributed by atoms with Gasteiger partial charge < -0.3 is 0 Å². The van der Waals surface area contributed by atoms with Crippen LogP contribution in [0.25, 0.3) is 16.9 Å². The molecule has 0 aliphatic rings. The fourth-order valence-electron chi connectivity index (χ4n) is 2.13. The Bertz CT molecular complexity index is 770. The average Bonchev–Trinajstić information content (AvgIpc) is 2.77. The molecule has 6 heteroatoms. The highest BCUT2D eigenvalue weighted by atomic mass is 35.5. The molecule has 2 heterocycles. The van der Waals surface area contributed by atoms with E-state index in [-0.39, 0.29) is 5.82 Å². The highest BCUT2D eigenvalue weighted by Crippen LogP contribution is 2.24. The molecule has 102 valence electrons. The normalized spacial score (nSPS) is 11.2. The molecule has 20 heavy (non-hydrogen) atoms. The third kappa shape index (κ3) is 2.25. The van der Waals surface area contributed by atoms with Crippen LogP contribution in [0, 0.1) is 5.82 Å². The zero-order chi connectivity index (χ0) is 14.1. The molecule has 0 aliphatic carbocycles. The molecule has 0 spiro atoms. The minimum absolute atomic E-state index is 0.334. The Morgan fingerprint density at radius 3 is 2.80 bits per heavy atom. The van der Waals surface area contributed by atoms with E-state index in [2.05, 4.69) is 9.97 Å². The molecule has 0 amide bonds. The number of para-hydroxylation sites is 1. The van der Waals surface area contributed by atoms with Gasteiger partial charge in [0.15, 0.2) is 5.65 Å². The van der Waals surface area contributed by atoms with E-state index in [1.165, 1.54) is 12.3 Å². The molecule has 3 rings (SSSR count). The van der Waals surface area contributed by atoms with Gasteiger partial charge in [-0.05, 0) is 18.2 Å². The van der Waals surface area contributed by atoms with E-state index < -0.39 is 0 Å². The second kappa shape index (κ2) is 5.38. The molecular formula is C14H10Cl2FN3. The van der Waals surface area contributed by atoms with Gasteiger partial charge in [-0.3, -0.25) is 4.57 Å². The fourth-order valence-corrected chi connectivity index (χ4v) is 2.45. The molecule has 0 saturated carbocycles. The molecular weight excluding hydrogens is 300 g/mol. The smallest absolute Gasteiger partial charge is 0.164 e. The first-order chi connectivity index (χ1) is 9.70. The number of pyridine rings is 1. The van der Waals surface area contributed by atoms with Crippen molar-refractivity contribution in [1.29, 1.82) is 0 Å². The molecule has 0 N–H and O–H groups in total. The van der Waals surface area contributed by atoms with Crippen molar-refractivity contribution >= 4 is 34.4 Å². The number of fused-ring (bicyclic) bond motifs is 1. The zero-order valence-electron chi connectivity index (χ0n) is 10.4. The minimum Gasteiger partial charge on any atom is -0.278 e. The average molecular weight is 310 g/mol. The summed E-state index contributed by atoms with van der Waals surface area (Å²) in [4.78, 5) is 8.71. The maximum atomic E-state index is 14.0. The second-order valence-corrected chi connectivity index (χ2v) is 5.06. The number of nitrogens with zero attached hydrogens (tertiary/aromatic N) is 3. The van der Waals surface area contributed by atoms with Gasteiger partial charge in [-0.15, -0.1) is 11.6 Å². The molecule has 3 aromatic rings. The molecule has 0 atom stereocenters. The summed E-state index contributed by atoms with van der Waals surface area (Å²) in [7, 11) is 0. The quantitative estimate of drug-likeness (QED) is 0.685. The van der Waals surface area contributed by atoms with Crippen molar-refractivity contribution in [3.05, 3.63) is 53.2 Å². The number of benzene rings is 1. The van der Waals surface area contributed by atoms with Gasteiger partial charge in [0.1, 0.15) is 17.2 Å². The summed E-state index contributed by atoms with van der Waals surface area (Å²) < 4.78 is 15.7. The van der Waals surface area contributed by atoms with Crippen molar-refractivity contribution in [1.82, 2.24) is 14.5 Å². The molecule has 0 saturated heterocycles. The predicted molar refractivity (Wildman–Crippen MR) is 78.3 cm³/mol. The van der Waals surface area contributed by atoms with Gasteiger partial charge in [0, 0.05) is 18.5 Å². The van der Waals surface area contributed by atoms with Crippen LogP contribution in [0.3, 0.4) is 0 Å². The summed E-state index contributed by atoms with van der Waals surface area (Å²) in [6.07, 6.45) is 2.04. The summed E-state index contributed by atoms with van der Waals surface area (Å²) in [6, 6.07) is 8.21. The Kier molecular flexibility index (Phi) is 3.59. The van der Waals surface area contributed by atoms with E-state index >= 15 is 0 Å². The predicted octanol–water partition coefficient (Wildman–Crippen LogP) is 3.99. The summed E-state index contributed by atoms with van der Waals surface area (Å²) in [6.45, 7) is 0. The number of hydrogen-bond donors (Lipinski definition) is 0. The maximum Gasteiger partial charge on any atom is 0.164 e. The van der Waals surface area contributed by atoms with E-state index in [4.69, 9.17) is 23.2 Å². The summed E-state index contributed by atoms with van der Waals surface area (Å²) >= 11 is 11.7. The van der Waals surface area contributed by atoms with Gasteiger partial charge in [-0.1, -0.05) is 23.7 Å². The van der Waals surface area contributed by atoms with Crippen LogP contribution in [0.15, 0.2) is 36.5 Å². The van der Waals surface area contributed by atoms with E-state index in [1.807, 2.05) is 0 Å². The molecule has 3 nitrogen and oxygen atoms in total. The number of rotatable bonds is 3. The van der Waals surface area contributed by atoms with Gasteiger partial charge in [-0.25, -0.2) is 14.4 Å². The van der Waals surface area contributed by atoms with Crippen molar-refractivity contribution in [2.75, 3.05) is 5.88 Å². The van der Waals surface area contributed by atoms with E-state index in [1.54, 1.807) is 28.8 Å². The van der Waals surface area contributed by atoms with Crippen LogP contribution >= 0.6 is 23.2 Å². The van der Waals surface area contributed by atoms with E-state index in [0.717, 1.165) is 0 Å². The first kappa shape index (κ1) is 13.3. The number of halogens is 3. The number of hydrogen-bond acceptors (Lipinski definition) is 2. The van der Waals surface area contributed by atoms with Crippen LogP contribution in [0.5, 0.6) is 0 Å². The Labute approximate surface area is 125 Å². The van der Waals surface area contributed by atoms with Gasteiger partial charge in [0.05, 0.1) is 10.7 Å². The Morgan fingerprint density at radius 2 is 2.05 bits per heavy atom. The lowest BCUT2D eigenvalue weighted by atomic mass is 10.3. The van der Waals surface area contributed by atoms with E-state index in [9.17, 15) is 4.39 Å². The minimum atomic E-state index is -0.334. The third-order valence-electron chi connectivity index (χ3n) is 2.94. The van der Waals surface area contributed by atoms with Gasteiger partial charge >= 0.3 is 0 Å². The summed E-state index contributed by atoms with van der Waals surface area (Å²) in [5, 5.41) is 0.494. The van der Waals surface area contributed by atoms with Gasteiger partial charge in [0.25, 0.3) is 0 Å². The number of aryl methyl sites for hydroxylation is 1. The zero-order valence-corrected chi connectivity index (χ0v) is 11.9. The standard InChI is InChI=1S/C14H10Cl2FN3/c15-6-5-13-19-11-7-9(16)8-18-14(11)20(13)12-4-2-1-3-10(12)17/h1-4,7-8H,5-6H2. The molecule has 0 fully saturated rings. The molecule has 0 bridgehead atoms. The lowest BCUT2D eigenvalue weighted by molar-refractivity contribution is 0.616. The Hall–Kier alpha value is -1.65. The summed E-state index contributed by atoms with van der Waals surface area (Å²) in [5.74, 6) is 0.722. The van der Waals surface area contributed by atoms with Crippen LogP contribution in [0.1, 0.15) is 5.82 Å². The van der Waals surface area contributed by atoms with E-state index in [0.29, 0.717) is 40.0 Å². The van der Waals surface area contributed by atoms with Crippen LogP contribution in [-0.4, -0.2) is 20.4 Å². The lowest BCUT2D eigenvalue weighted by Crippen LogP contribution is -2.04. The first-order valence-electron chi connectivity index (χ1n) is 6.04. The van der Waals surface area contributed by atoms with Crippen molar-refractivity contribution < 1.29 is 4.39 Å². The number of aromatic nitrogens is 3. The first-order valence-corrected chi connectivity index (χ1v) is 6.95. The van der Waals surface area contributed by atoms with Crippen LogP contribution < -0.4 is 0 Å². The monoisotopic (exact) mass is 309 g/mol. The van der Waals surface area contributed by atoms with Crippen molar-refractivity contribution in [2.24, 2.45) is 0 Å². The molecule has 1 aromatic carbocycles. The van der Waals surface area contributed by atoms with Gasteiger partial charge in [-0.2, -0.15) is 0 Å². The highest BCUT2D eigenvalue weighted by Gasteiger charge is 2.16. The maximum absolute atomic E-state index is 14.0. The molecule has 0 unspecified atom stereocenters. The van der Waals surface area contributed by atoms with Crippen LogP contribution in [0.4, 0.5) is 4.39 Å². The van der Waals surface area contributed by atoms with Crippen molar-refractivity contribution in [2.45, 2.75) is 6.42 Å². The second-order valence-electron chi connectivity index (χ2n) is 4.25. The van der Waals surface area contributed by atoms with Gasteiger partial charge in [0.2, 0.25) is 0 Å². The SMILES string of the molecule is Fc1ccccc1-n1c(CCCl)nc2cc(Cl)cnc21. The topological polar surface area (TPSA) is 30.7 Å². The number of imidazole rings is 1. The molecule has 0 aliphatic heterocycles. The lowest BCUT2D eigenvalue weighted by Gasteiger charge is -2.08. The largest absolute Gasteiger partial charge is 0.278 e. The van der Waals surface area contributed by atoms with Crippen molar-refractivity contribution in [3.8, 4) is 5.69 Å². The highest BCUT2D eigenvalue weighted by molar-refractivity contribution is 6.31. The Morgan fingerprint density at radius 1 is 1.25 bits per heavy atom. The summed E-state index contributed by atoms with van der Waals surface area (Å²) in [5.41, 5.74) is 1.60. The third-order valence-corrected chi connectivity index (χ3v) is 3.34. The number of alkyl halides is 1. The molecule has 0 radical (unpaired) electrons. The van der Waals surface area contributed by atoms with Crippen molar-refractivity contribution in [3.63, 3.8) is 0 Å². The van der Waals surface area contributed by atoms with Crippen LogP contribution in [-0.2, 0) is 6.42 Å². The Balaban J connectivity index is 2.32. The molecule has 2 aromatic heterocycles. The fraction of sp³-hybridized carbons (Fsp3) is 0.143. The van der Waals surface area contributed by atoms with Crippen LogP contribution in [0.2, 0.25) is 5.02 Å².